The third kappa shape index (κ3) is 3.47. The maximum atomic E-state index is 12.3. The number of allylic oxidation sites excluding steroid dienone is 1. The van der Waals surface area contributed by atoms with Gasteiger partial charge in [-0.05, 0) is 54.6 Å². The Kier molecular flexibility index (Phi) is 4.58. The smallest absolute Gasteiger partial charge is 0.281 e. The normalized spacial score (nSPS) is 12.5. The molecule has 0 saturated heterocycles. The summed E-state index contributed by atoms with van der Waals surface area (Å²) in [6, 6.07) is 12.5. The first-order chi connectivity index (χ1) is 13.5. The van der Waals surface area contributed by atoms with Gasteiger partial charge >= 0.3 is 0 Å². The van der Waals surface area contributed by atoms with Crippen molar-refractivity contribution in [3.05, 3.63) is 81.1 Å². The summed E-state index contributed by atoms with van der Waals surface area (Å²) in [7, 11) is 0. The molecule has 28 heavy (non-hydrogen) atoms. The van der Waals surface area contributed by atoms with Crippen molar-refractivity contribution in [3.8, 4) is 22.8 Å². The molecule has 4 rings (SSSR count). The Morgan fingerprint density at radius 2 is 1.89 bits per heavy atom. The van der Waals surface area contributed by atoms with Crippen LogP contribution in [-0.2, 0) is 0 Å². The number of hydrogen-bond donors (Lipinski definition) is 0. The number of ketones is 1. The molecule has 1 aliphatic rings. The van der Waals surface area contributed by atoms with Gasteiger partial charge in [0.25, 0.3) is 5.69 Å². The zero-order chi connectivity index (χ0) is 19.7. The summed E-state index contributed by atoms with van der Waals surface area (Å²) < 4.78 is 16.1. The Bertz CT molecular complexity index is 1120. The molecular weight excluding hydrogens is 386 g/mol. The molecule has 0 amide bonds. The molecule has 7 nitrogen and oxygen atoms in total. The Hall–Kier alpha value is -3.58. The van der Waals surface area contributed by atoms with Gasteiger partial charge in [-0.15, -0.1) is 0 Å². The molecule has 1 aliphatic heterocycles. The molecule has 0 fully saturated rings. The molecule has 8 heteroatoms. The van der Waals surface area contributed by atoms with Crippen LogP contribution in [0.5, 0.6) is 11.5 Å². The first-order valence-electron chi connectivity index (χ1n) is 8.17. The second-order valence-corrected chi connectivity index (χ2v) is 6.32. The Labute approximate surface area is 163 Å². The maximum Gasteiger partial charge on any atom is 0.281 e. The topological polar surface area (TPSA) is 91.8 Å². The highest BCUT2D eigenvalue weighted by Gasteiger charge is 2.19. The van der Waals surface area contributed by atoms with Gasteiger partial charge in [-0.3, -0.25) is 14.9 Å². The molecule has 1 aromatic heterocycles. The average Bonchev–Trinajstić information content (AvgIpc) is 3.34. The van der Waals surface area contributed by atoms with Crippen LogP contribution in [0.2, 0.25) is 5.02 Å². The zero-order valence-corrected chi connectivity index (χ0v) is 15.0. The van der Waals surface area contributed by atoms with Gasteiger partial charge in [0, 0.05) is 16.7 Å². The van der Waals surface area contributed by atoms with Crippen LogP contribution in [0.25, 0.3) is 17.4 Å². The van der Waals surface area contributed by atoms with E-state index in [-0.39, 0.29) is 23.3 Å². The minimum Gasteiger partial charge on any atom is -0.456 e. The van der Waals surface area contributed by atoms with Crippen molar-refractivity contribution >= 4 is 29.1 Å². The fourth-order valence-electron chi connectivity index (χ4n) is 2.76. The van der Waals surface area contributed by atoms with E-state index in [0.29, 0.717) is 34.1 Å². The minimum atomic E-state index is -0.525. The highest BCUT2D eigenvalue weighted by Crippen LogP contribution is 2.34. The van der Waals surface area contributed by atoms with Crippen molar-refractivity contribution in [2.75, 3.05) is 6.79 Å². The quantitative estimate of drug-likeness (QED) is 0.256. The number of ether oxygens (including phenoxy) is 2. The lowest BCUT2D eigenvalue weighted by atomic mass is 10.1. The van der Waals surface area contributed by atoms with Crippen molar-refractivity contribution in [3.63, 3.8) is 0 Å². The fourth-order valence-corrected chi connectivity index (χ4v) is 2.92. The van der Waals surface area contributed by atoms with Gasteiger partial charge in [0.1, 0.15) is 11.5 Å². The number of nitro benzene ring substituents is 1. The van der Waals surface area contributed by atoms with Gasteiger partial charge < -0.3 is 13.9 Å². The van der Waals surface area contributed by atoms with Crippen LogP contribution < -0.4 is 9.47 Å². The first-order valence-corrected chi connectivity index (χ1v) is 8.55. The number of fused-ring (bicyclic) bond motifs is 1. The number of carbonyl (C=O) groups is 1. The van der Waals surface area contributed by atoms with Crippen molar-refractivity contribution < 1.29 is 23.6 Å². The van der Waals surface area contributed by atoms with E-state index in [1.54, 1.807) is 36.4 Å². The summed E-state index contributed by atoms with van der Waals surface area (Å²) in [5.41, 5.74) is 0.589. The molecule has 0 aliphatic carbocycles. The van der Waals surface area contributed by atoms with E-state index >= 15 is 0 Å². The summed E-state index contributed by atoms with van der Waals surface area (Å²) in [6.45, 7) is 0.134. The van der Waals surface area contributed by atoms with Crippen molar-refractivity contribution in [1.82, 2.24) is 0 Å². The number of hydrogen-bond acceptors (Lipinski definition) is 6. The van der Waals surface area contributed by atoms with Crippen molar-refractivity contribution in [2.45, 2.75) is 0 Å². The molecular formula is C20H12ClNO6. The second-order valence-electron chi connectivity index (χ2n) is 5.89. The van der Waals surface area contributed by atoms with Crippen LogP contribution in [-0.4, -0.2) is 17.5 Å². The molecule has 0 N–H and O–H groups in total. The van der Waals surface area contributed by atoms with Crippen LogP contribution in [0.15, 0.2) is 59.0 Å². The number of nitrogens with zero attached hydrogens (tertiary/aromatic N) is 1. The Morgan fingerprint density at radius 1 is 1.07 bits per heavy atom. The molecule has 0 saturated carbocycles. The second kappa shape index (κ2) is 7.21. The lowest BCUT2D eigenvalue weighted by Crippen LogP contribution is -1.94. The predicted molar refractivity (Wildman–Crippen MR) is 102 cm³/mol. The summed E-state index contributed by atoms with van der Waals surface area (Å²) in [5.74, 6) is 1.57. The van der Waals surface area contributed by atoms with E-state index in [1.807, 2.05) is 0 Å². The summed E-state index contributed by atoms with van der Waals surface area (Å²) in [4.78, 5) is 23.1. The van der Waals surface area contributed by atoms with Gasteiger partial charge in [0.15, 0.2) is 17.3 Å². The number of furan rings is 1. The molecule has 0 spiro atoms. The lowest BCUT2D eigenvalue weighted by molar-refractivity contribution is -0.384. The molecule has 0 radical (unpaired) electrons. The van der Waals surface area contributed by atoms with E-state index in [1.165, 1.54) is 24.3 Å². The number of nitro groups is 1. The fraction of sp³-hybridized carbons (Fsp3) is 0.0500. The standard InChI is InChI=1S/C20H12ClNO6/c21-13-2-5-15(16(10-13)22(24)25)18-8-4-14(28-18)3-6-17(23)12-1-7-19-20(9-12)27-11-26-19/h1-10H,11H2/b6-3+. The largest absolute Gasteiger partial charge is 0.456 e. The van der Waals surface area contributed by atoms with Crippen molar-refractivity contribution in [1.29, 1.82) is 0 Å². The van der Waals surface area contributed by atoms with Crippen LogP contribution in [0.4, 0.5) is 5.69 Å². The van der Waals surface area contributed by atoms with Crippen molar-refractivity contribution in [2.24, 2.45) is 0 Å². The van der Waals surface area contributed by atoms with Crippen LogP contribution in [0.3, 0.4) is 0 Å². The Morgan fingerprint density at radius 3 is 2.71 bits per heavy atom. The van der Waals surface area contributed by atoms with Gasteiger partial charge in [0.05, 0.1) is 10.5 Å². The third-order valence-corrected chi connectivity index (χ3v) is 4.34. The summed E-state index contributed by atoms with van der Waals surface area (Å²) in [6.07, 6.45) is 2.86. The van der Waals surface area contributed by atoms with Crippen LogP contribution >= 0.6 is 11.6 Å². The highest BCUT2D eigenvalue weighted by atomic mass is 35.5. The van der Waals surface area contributed by atoms with Crippen LogP contribution in [0, 0.1) is 10.1 Å². The van der Waals surface area contributed by atoms with E-state index in [0.717, 1.165) is 0 Å². The monoisotopic (exact) mass is 397 g/mol. The molecule has 2 heterocycles. The molecule has 2 aromatic carbocycles. The first kappa shape index (κ1) is 17.8. The molecule has 3 aromatic rings. The van der Waals surface area contributed by atoms with Gasteiger partial charge in [0.2, 0.25) is 6.79 Å². The van der Waals surface area contributed by atoms with Gasteiger partial charge in [-0.2, -0.15) is 0 Å². The summed E-state index contributed by atoms with van der Waals surface area (Å²) in [5, 5.41) is 11.5. The number of halogens is 1. The summed E-state index contributed by atoms with van der Waals surface area (Å²) >= 11 is 5.83. The number of carbonyl (C=O) groups excluding carboxylic acids is 1. The molecule has 0 unspecified atom stereocenters. The maximum absolute atomic E-state index is 12.3. The van der Waals surface area contributed by atoms with Gasteiger partial charge in [-0.25, -0.2) is 0 Å². The molecule has 0 bridgehead atoms. The molecule has 0 atom stereocenters. The zero-order valence-electron chi connectivity index (χ0n) is 14.3. The van der Waals surface area contributed by atoms with Crippen LogP contribution in [0.1, 0.15) is 16.1 Å². The number of rotatable bonds is 5. The van der Waals surface area contributed by atoms with E-state index in [2.05, 4.69) is 0 Å². The Balaban J connectivity index is 1.55. The van der Waals surface area contributed by atoms with E-state index in [4.69, 9.17) is 25.5 Å². The minimum absolute atomic E-state index is 0.134. The average molecular weight is 398 g/mol. The van der Waals surface area contributed by atoms with E-state index in [9.17, 15) is 14.9 Å². The SMILES string of the molecule is O=C(/C=C/c1ccc(-c2ccc(Cl)cc2[N+](=O)[O-])o1)c1ccc2c(c1)OCO2. The van der Waals surface area contributed by atoms with Gasteiger partial charge in [-0.1, -0.05) is 11.6 Å². The third-order valence-electron chi connectivity index (χ3n) is 4.10. The lowest BCUT2D eigenvalue weighted by Gasteiger charge is -2.00. The highest BCUT2D eigenvalue weighted by molar-refractivity contribution is 6.30. The predicted octanol–water partition coefficient (Wildman–Crippen LogP) is 5.13. The van der Waals surface area contributed by atoms with E-state index < -0.39 is 4.92 Å². The molecule has 140 valence electrons. The number of benzene rings is 2.